The van der Waals surface area contributed by atoms with Crippen LogP contribution in [-0.4, -0.2) is 9.97 Å². The minimum atomic E-state index is 0.673. The summed E-state index contributed by atoms with van der Waals surface area (Å²) in [5.41, 5.74) is 3.16. The maximum Gasteiger partial charge on any atom is 0.122 e. The number of nitrogens with one attached hydrogen (secondary N) is 1. The van der Waals surface area contributed by atoms with E-state index in [1.165, 1.54) is 5.56 Å². The van der Waals surface area contributed by atoms with Gasteiger partial charge >= 0.3 is 0 Å². The van der Waals surface area contributed by atoms with E-state index in [4.69, 9.17) is 12.2 Å². The molecule has 2 aromatic rings. The van der Waals surface area contributed by atoms with Crippen LogP contribution in [0.5, 0.6) is 0 Å². The highest BCUT2D eigenvalue weighted by atomic mass is 32.1. The van der Waals surface area contributed by atoms with E-state index in [1.54, 1.807) is 6.20 Å². The van der Waals surface area contributed by atoms with E-state index >= 15 is 0 Å². The van der Waals surface area contributed by atoms with Crippen LogP contribution in [0.15, 0.2) is 24.4 Å². The third-order valence-electron chi connectivity index (χ3n) is 1.73. The maximum absolute atomic E-state index is 4.95. The van der Waals surface area contributed by atoms with Crippen LogP contribution in [-0.2, 0) is 0 Å². The van der Waals surface area contributed by atoms with Gasteiger partial charge in [0.15, 0.2) is 0 Å². The van der Waals surface area contributed by atoms with Gasteiger partial charge in [0, 0.05) is 0 Å². The highest BCUT2D eigenvalue weighted by Crippen LogP contribution is 2.09. The monoisotopic (exact) mass is 176 g/mol. The SMILES string of the molecule is Cc1ccc2[nH]c(=S)cnc2c1. The van der Waals surface area contributed by atoms with Crippen molar-refractivity contribution >= 4 is 23.3 Å². The Balaban J connectivity index is 2.87. The quantitative estimate of drug-likeness (QED) is 0.625. The number of benzene rings is 1. The van der Waals surface area contributed by atoms with Gasteiger partial charge in [-0.3, -0.25) is 4.98 Å². The van der Waals surface area contributed by atoms with Gasteiger partial charge in [-0.05, 0) is 24.6 Å². The minimum absolute atomic E-state index is 0.673. The van der Waals surface area contributed by atoms with Gasteiger partial charge in [0.25, 0.3) is 0 Å². The highest BCUT2D eigenvalue weighted by Gasteiger charge is 1.92. The van der Waals surface area contributed by atoms with E-state index in [1.807, 2.05) is 25.1 Å². The maximum atomic E-state index is 4.95. The van der Waals surface area contributed by atoms with Gasteiger partial charge in [-0.2, -0.15) is 0 Å². The molecular weight excluding hydrogens is 168 g/mol. The van der Waals surface area contributed by atoms with E-state index in [2.05, 4.69) is 9.97 Å². The Morgan fingerprint density at radius 3 is 3.08 bits per heavy atom. The molecule has 0 saturated carbocycles. The Morgan fingerprint density at radius 2 is 2.25 bits per heavy atom. The lowest BCUT2D eigenvalue weighted by molar-refractivity contribution is 1.26. The van der Waals surface area contributed by atoms with Crippen LogP contribution >= 0.6 is 12.2 Å². The molecule has 0 aliphatic heterocycles. The van der Waals surface area contributed by atoms with Gasteiger partial charge in [-0.1, -0.05) is 18.3 Å². The molecule has 0 unspecified atom stereocenters. The summed E-state index contributed by atoms with van der Waals surface area (Å²) >= 11 is 4.95. The van der Waals surface area contributed by atoms with Crippen molar-refractivity contribution < 1.29 is 0 Å². The van der Waals surface area contributed by atoms with E-state index in [9.17, 15) is 0 Å². The van der Waals surface area contributed by atoms with Crippen LogP contribution < -0.4 is 0 Å². The molecule has 0 saturated heterocycles. The molecule has 0 amide bonds. The fourth-order valence-corrected chi connectivity index (χ4v) is 1.31. The van der Waals surface area contributed by atoms with Crippen LogP contribution in [0.3, 0.4) is 0 Å². The summed E-state index contributed by atoms with van der Waals surface area (Å²) in [6.45, 7) is 2.04. The largest absolute Gasteiger partial charge is 0.344 e. The number of H-pyrrole nitrogens is 1. The first-order chi connectivity index (χ1) is 5.75. The first-order valence-corrected chi connectivity index (χ1v) is 4.12. The molecule has 0 bridgehead atoms. The minimum Gasteiger partial charge on any atom is -0.344 e. The van der Waals surface area contributed by atoms with E-state index in [0.29, 0.717) is 4.64 Å². The fraction of sp³-hybridized carbons (Fsp3) is 0.111. The van der Waals surface area contributed by atoms with Crippen molar-refractivity contribution in [1.29, 1.82) is 0 Å². The molecule has 1 aromatic carbocycles. The first kappa shape index (κ1) is 7.43. The van der Waals surface area contributed by atoms with E-state index < -0.39 is 0 Å². The molecule has 0 atom stereocenters. The smallest absolute Gasteiger partial charge is 0.122 e. The van der Waals surface area contributed by atoms with Gasteiger partial charge in [-0.25, -0.2) is 0 Å². The Bertz CT molecular complexity index is 473. The summed E-state index contributed by atoms with van der Waals surface area (Å²) < 4.78 is 0.673. The summed E-state index contributed by atoms with van der Waals surface area (Å²) in [6, 6.07) is 6.06. The molecule has 1 aromatic heterocycles. The predicted octanol–water partition coefficient (Wildman–Crippen LogP) is 2.60. The van der Waals surface area contributed by atoms with Crippen molar-refractivity contribution in [3.63, 3.8) is 0 Å². The van der Waals surface area contributed by atoms with Gasteiger partial charge in [0.05, 0.1) is 17.2 Å². The number of nitrogens with zero attached hydrogens (tertiary/aromatic N) is 1. The lowest BCUT2D eigenvalue weighted by Crippen LogP contribution is -1.83. The normalized spacial score (nSPS) is 10.4. The average Bonchev–Trinajstić information content (AvgIpc) is 2.05. The summed E-state index contributed by atoms with van der Waals surface area (Å²) in [4.78, 5) is 7.28. The number of hydrogen-bond donors (Lipinski definition) is 1. The third kappa shape index (κ3) is 1.23. The summed E-state index contributed by atoms with van der Waals surface area (Å²) in [5, 5.41) is 0. The molecule has 0 aliphatic carbocycles. The van der Waals surface area contributed by atoms with Crippen LogP contribution in [0, 0.1) is 11.6 Å². The van der Waals surface area contributed by atoms with Gasteiger partial charge < -0.3 is 4.98 Å². The second kappa shape index (κ2) is 2.68. The molecule has 0 aliphatic rings. The van der Waals surface area contributed by atoms with Gasteiger partial charge in [-0.15, -0.1) is 0 Å². The van der Waals surface area contributed by atoms with Crippen molar-refractivity contribution in [2.75, 3.05) is 0 Å². The number of aryl methyl sites for hydroxylation is 1. The fourth-order valence-electron chi connectivity index (χ4n) is 1.15. The van der Waals surface area contributed by atoms with Crippen molar-refractivity contribution in [2.24, 2.45) is 0 Å². The van der Waals surface area contributed by atoms with Crippen LogP contribution in [0.2, 0.25) is 0 Å². The number of aromatic amines is 1. The average molecular weight is 176 g/mol. The lowest BCUT2D eigenvalue weighted by atomic mass is 10.2. The van der Waals surface area contributed by atoms with Gasteiger partial charge in [0.2, 0.25) is 0 Å². The predicted molar refractivity (Wildman–Crippen MR) is 51.7 cm³/mol. The molecule has 2 rings (SSSR count). The summed E-state index contributed by atoms with van der Waals surface area (Å²) in [6.07, 6.45) is 1.66. The second-order valence-corrected chi connectivity index (χ2v) is 3.21. The van der Waals surface area contributed by atoms with Crippen LogP contribution in [0.25, 0.3) is 11.0 Å². The zero-order valence-corrected chi connectivity index (χ0v) is 7.48. The second-order valence-electron chi connectivity index (χ2n) is 2.77. The van der Waals surface area contributed by atoms with Crippen molar-refractivity contribution in [1.82, 2.24) is 9.97 Å². The standard InChI is InChI=1S/C9H8N2S/c1-6-2-3-7-8(4-6)10-5-9(12)11-7/h2-5H,1H3,(H,11,12). The molecule has 0 fully saturated rings. The topological polar surface area (TPSA) is 28.7 Å². The Kier molecular flexibility index (Phi) is 1.66. The molecule has 60 valence electrons. The van der Waals surface area contributed by atoms with Crippen molar-refractivity contribution in [2.45, 2.75) is 6.92 Å². The summed E-state index contributed by atoms with van der Waals surface area (Å²) in [5.74, 6) is 0. The first-order valence-electron chi connectivity index (χ1n) is 3.71. The Morgan fingerprint density at radius 1 is 1.42 bits per heavy atom. The highest BCUT2D eigenvalue weighted by molar-refractivity contribution is 7.71. The molecule has 12 heavy (non-hydrogen) atoms. The van der Waals surface area contributed by atoms with E-state index in [-0.39, 0.29) is 0 Å². The van der Waals surface area contributed by atoms with Crippen LogP contribution in [0.4, 0.5) is 0 Å². The molecule has 0 radical (unpaired) electrons. The molecule has 1 heterocycles. The van der Waals surface area contributed by atoms with Crippen molar-refractivity contribution in [3.8, 4) is 0 Å². The molecule has 1 N–H and O–H groups in total. The number of fused-ring (bicyclic) bond motifs is 1. The number of hydrogen-bond acceptors (Lipinski definition) is 2. The molecule has 2 nitrogen and oxygen atoms in total. The van der Waals surface area contributed by atoms with E-state index in [0.717, 1.165) is 11.0 Å². The lowest BCUT2D eigenvalue weighted by Gasteiger charge is -1.97. The number of aromatic nitrogens is 2. The molecular formula is C9H8N2S. The summed E-state index contributed by atoms with van der Waals surface area (Å²) in [7, 11) is 0. The Labute approximate surface area is 75.3 Å². The molecule has 0 spiro atoms. The van der Waals surface area contributed by atoms with Crippen molar-refractivity contribution in [3.05, 3.63) is 34.6 Å². The zero-order chi connectivity index (χ0) is 8.55. The number of rotatable bonds is 0. The molecule has 3 heteroatoms. The Hall–Kier alpha value is -1.22. The third-order valence-corrected chi connectivity index (χ3v) is 1.94. The zero-order valence-electron chi connectivity index (χ0n) is 6.66. The van der Waals surface area contributed by atoms with Crippen LogP contribution in [0.1, 0.15) is 5.56 Å². The van der Waals surface area contributed by atoms with Gasteiger partial charge in [0.1, 0.15) is 4.64 Å².